The number of hydrogen-bond donors (Lipinski definition) is 2. The number of nitrogens with zero attached hydrogens (tertiary/aromatic N) is 3. The van der Waals surface area contributed by atoms with Crippen molar-refractivity contribution in [1.82, 2.24) is 14.5 Å². The number of methoxy groups -OCH3 is 1. The van der Waals surface area contributed by atoms with Crippen LogP contribution in [0, 0.1) is 0 Å². The molecule has 0 saturated heterocycles. The summed E-state index contributed by atoms with van der Waals surface area (Å²) in [6.07, 6.45) is 3.27. The SMILES string of the molecule is COCCc1nc2c(N)nc3ccccc3c2n1CCCCc1ccc2ccccc2c1C(N)=O. The summed E-state index contributed by atoms with van der Waals surface area (Å²) in [5, 5.41) is 2.98. The third kappa shape index (κ3) is 4.31. The molecule has 0 aliphatic carbocycles. The maximum absolute atomic E-state index is 12.3. The van der Waals surface area contributed by atoms with Gasteiger partial charge >= 0.3 is 0 Å². The second-order valence-corrected chi connectivity index (χ2v) is 8.78. The monoisotopic (exact) mass is 467 g/mol. The maximum atomic E-state index is 12.3. The fourth-order valence-electron chi connectivity index (χ4n) is 4.93. The number of nitrogen functional groups attached to an aromatic ring is 1. The lowest BCUT2D eigenvalue weighted by atomic mass is 9.95. The lowest BCUT2D eigenvalue weighted by Crippen LogP contribution is -2.14. The van der Waals surface area contributed by atoms with Gasteiger partial charge < -0.3 is 20.8 Å². The van der Waals surface area contributed by atoms with Crippen LogP contribution in [0.1, 0.15) is 34.6 Å². The minimum absolute atomic E-state index is 0.381. The van der Waals surface area contributed by atoms with E-state index in [1.54, 1.807) is 7.11 Å². The lowest BCUT2D eigenvalue weighted by molar-refractivity contribution is 0.100. The van der Waals surface area contributed by atoms with Gasteiger partial charge in [0.15, 0.2) is 5.82 Å². The molecule has 4 N–H and O–H groups in total. The van der Waals surface area contributed by atoms with Crippen LogP contribution < -0.4 is 11.5 Å². The van der Waals surface area contributed by atoms with Crippen molar-refractivity contribution in [3.05, 3.63) is 77.6 Å². The molecule has 0 aliphatic heterocycles. The largest absolute Gasteiger partial charge is 0.384 e. The van der Waals surface area contributed by atoms with Crippen LogP contribution in [0.15, 0.2) is 60.7 Å². The molecule has 178 valence electrons. The normalized spacial score (nSPS) is 11.6. The molecule has 0 saturated carbocycles. The minimum atomic E-state index is -0.381. The molecule has 0 unspecified atom stereocenters. The Hall–Kier alpha value is -3.97. The van der Waals surface area contributed by atoms with E-state index < -0.39 is 0 Å². The number of nitrogens with two attached hydrogens (primary N) is 2. The number of imidazole rings is 1. The van der Waals surface area contributed by atoms with Gasteiger partial charge in [-0.2, -0.15) is 0 Å². The van der Waals surface area contributed by atoms with Gasteiger partial charge in [-0.25, -0.2) is 9.97 Å². The van der Waals surface area contributed by atoms with E-state index in [1.165, 1.54) is 0 Å². The number of fused-ring (bicyclic) bond motifs is 4. The number of aromatic nitrogens is 3. The highest BCUT2D eigenvalue weighted by atomic mass is 16.5. The fraction of sp³-hybridized carbons (Fsp3) is 0.250. The number of anilines is 1. The number of para-hydroxylation sites is 1. The lowest BCUT2D eigenvalue weighted by Gasteiger charge is -2.13. The molecular weight excluding hydrogens is 438 g/mol. The van der Waals surface area contributed by atoms with E-state index in [0.717, 1.165) is 69.9 Å². The van der Waals surface area contributed by atoms with Crippen LogP contribution in [0.5, 0.6) is 0 Å². The quantitative estimate of drug-likeness (QED) is 0.307. The third-order valence-electron chi connectivity index (χ3n) is 6.56. The maximum Gasteiger partial charge on any atom is 0.249 e. The van der Waals surface area contributed by atoms with Crippen molar-refractivity contribution in [2.24, 2.45) is 5.73 Å². The number of benzene rings is 3. The van der Waals surface area contributed by atoms with Crippen LogP contribution in [0.2, 0.25) is 0 Å². The average molecular weight is 468 g/mol. The van der Waals surface area contributed by atoms with Gasteiger partial charge in [-0.05, 0) is 41.7 Å². The Morgan fingerprint density at radius 3 is 2.51 bits per heavy atom. The summed E-state index contributed by atoms with van der Waals surface area (Å²) in [7, 11) is 1.69. The van der Waals surface area contributed by atoms with Crippen molar-refractivity contribution in [1.29, 1.82) is 0 Å². The molecule has 35 heavy (non-hydrogen) atoms. The molecule has 0 spiro atoms. The molecule has 2 aromatic heterocycles. The first-order valence-electron chi connectivity index (χ1n) is 11.9. The highest BCUT2D eigenvalue weighted by Gasteiger charge is 2.17. The van der Waals surface area contributed by atoms with E-state index in [1.807, 2.05) is 48.5 Å². The molecule has 2 heterocycles. The number of ether oxygens (including phenoxy) is 1. The van der Waals surface area contributed by atoms with Crippen LogP contribution in [0.25, 0.3) is 32.7 Å². The Morgan fingerprint density at radius 2 is 1.71 bits per heavy atom. The summed E-state index contributed by atoms with van der Waals surface area (Å²) in [5.41, 5.74) is 16.3. The Kier molecular flexibility index (Phi) is 6.33. The van der Waals surface area contributed by atoms with E-state index >= 15 is 0 Å². The minimum Gasteiger partial charge on any atom is -0.384 e. The topological polar surface area (TPSA) is 109 Å². The Bertz CT molecular complexity index is 1540. The Balaban J connectivity index is 1.43. The van der Waals surface area contributed by atoms with E-state index in [4.69, 9.17) is 21.2 Å². The molecule has 3 aromatic carbocycles. The van der Waals surface area contributed by atoms with Gasteiger partial charge in [-0.3, -0.25) is 4.79 Å². The van der Waals surface area contributed by atoms with Crippen molar-refractivity contribution in [3.8, 4) is 0 Å². The molecule has 0 radical (unpaired) electrons. The van der Waals surface area contributed by atoms with E-state index in [-0.39, 0.29) is 5.91 Å². The number of carbonyl (C=O) groups is 1. The first-order valence-corrected chi connectivity index (χ1v) is 11.9. The second-order valence-electron chi connectivity index (χ2n) is 8.78. The highest BCUT2D eigenvalue weighted by Crippen LogP contribution is 2.30. The highest BCUT2D eigenvalue weighted by molar-refractivity contribution is 6.08. The van der Waals surface area contributed by atoms with Crippen molar-refractivity contribution in [2.75, 3.05) is 19.5 Å². The summed E-state index contributed by atoms with van der Waals surface area (Å²) in [6, 6.07) is 20.0. The number of primary amides is 1. The summed E-state index contributed by atoms with van der Waals surface area (Å²) < 4.78 is 7.58. The summed E-state index contributed by atoms with van der Waals surface area (Å²) in [4.78, 5) is 21.7. The van der Waals surface area contributed by atoms with E-state index in [0.29, 0.717) is 24.4 Å². The average Bonchev–Trinajstić information content (AvgIpc) is 3.24. The van der Waals surface area contributed by atoms with Crippen molar-refractivity contribution < 1.29 is 9.53 Å². The molecule has 0 atom stereocenters. The van der Waals surface area contributed by atoms with Crippen molar-refractivity contribution in [2.45, 2.75) is 32.2 Å². The molecule has 5 aromatic rings. The van der Waals surface area contributed by atoms with Crippen molar-refractivity contribution in [3.63, 3.8) is 0 Å². The van der Waals surface area contributed by atoms with Crippen LogP contribution in [-0.4, -0.2) is 34.2 Å². The third-order valence-corrected chi connectivity index (χ3v) is 6.56. The molecule has 0 bridgehead atoms. The number of amides is 1. The molecule has 1 amide bonds. The van der Waals surface area contributed by atoms with Gasteiger partial charge in [-0.1, -0.05) is 54.6 Å². The van der Waals surface area contributed by atoms with Gasteiger partial charge in [0.25, 0.3) is 0 Å². The number of carbonyl (C=O) groups excluding carboxylic acids is 1. The summed E-state index contributed by atoms with van der Waals surface area (Å²) in [5.74, 6) is 1.00. The number of rotatable bonds is 9. The molecule has 0 aliphatic rings. The second kappa shape index (κ2) is 9.72. The number of pyridine rings is 1. The standard InChI is InChI=1S/C28H29N5O2/c1-35-17-15-23-32-25-26(21-11-4-5-12-22(21)31-27(25)29)33(23)16-7-6-9-19-14-13-18-8-2-3-10-20(18)24(19)28(30)34/h2-5,8,10-14H,6-7,9,15-17H2,1H3,(H2,29,31)(H2,30,34). The van der Waals surface area contributed by atoms with Gasteiger partial charge in [0.05, 0.1) is 23.2 Å². The number of aryl methyl sites for hydroxylation is 2. The fourth-order valence-corrected chi connectivity index (χ4v) is 4.93. The van der Waals surface area contributed by atoms with Crippen LogP contribution in [0.4, 0.5) is 5.82 Å². The van der Waals surface area contributed by atoms with E-state index in [2.05, 4.69) is 21.7 Å². The molecule has 7 nitrogen and oxygen atoms in total. The zero-order chi connectivity index (χ0) is 24.4. The van der Waals surface area contributed by atoms with Gasteiger partial charge in [-0.15, -0.1) is 0 Å². The number of hydrogen-bond acceptors (Lipinski definition) is 5. The first kappa shape index (κ1) is 22.8. The Labute approximate surface area is 203 Å². The number of unbranched alkanes of at least 4 members (excludes halogenated alkanes) is 1. The molecule has 0 fully saturated rings. The van der Waals surface area contributed by atoms with Crippen LogP contribution in [-0.2, 0) is 24.1 Å². The van der Waals surface area contributed by atoms with Crippen molar-refractivity contribution >= 4 is 44.4 Å². The summed E-state index contributed by atoms with van der Waals surface area (Å²) >= 11 is 0. The molecule has 7 heteroatoms. The van der Waals surface area contributed by atoms with Gasteiger partial charge in [0, 0.05) is 25.5 Å². The first-order chi connectivity index (χ1) is 17.1. The smallest absolute Gasteiger partial charge is 0.249 e. The Morgan fingerprint density at radius 1 is 0.943 bits per heavy atom. The predicted molar refractivity (Wildman–Crippen MR) is 140 cm³/mol. The van der Waals surface area contributed by atoms with Crippen LogP contribution in [0.3, 0.4) is 0 Å². The zero-order valence-corrected chi connectivity index (χ0v) is 19.8. The molecule has 5 rings (SSSR count). The zero-order valence-electron chi connectivity index (χ0n) is 19.8. The van der Waals surface area contributed by atoms with Gasteiger partial charge in [0.2, 0.25) is 5.91 Å². The summed E-state index contributed by atoms with van der Waals surface area (Å²) in [6.45, 7) is 1.36. The van der Waals surface area contributed by atoms with Gasteiger partial charge in [0.1, 0.15) is 11.3 Å². The predicted octanol–water partition coefficient (Wildman–Crippen LogP) is 4.63. The van der Waals surface area contributed by atoms with E-state index in [9.17, 15) is 4.79 Å². The van der Waals surface area contributed by atoms with Crippen LogP contribution >= 0.6 is 0 Å². The molecular formula is C28H29N5O2.